The van der Waals surface area contributed by atoms with Crippen molar-refractivity contribution in [1.29, 1.82) is 0 Å². The van der Waals surface area contributed by atoms with Gasteiger partial charge in [-0.25, -0.2) is 0 Å². The lowest BCUT2D eigenvalue weighted by Crippen LogP contribution is -1.99. The molecule has 0 fully saturated rings. The summed E-state index contributed by atoms with van der Waals surface area (Å²) < 4.78 is 0. The van der Waals surface area contributed by atoms with Crippen LogP contribution in [0.3, 0.4) is 0 Å². The van der Waals surface area contributed by atoms with Crippen molar-refractivity contribution in [2.45, 2.75) is 25.9 Å². The van der Waals surface area contributed by atoms with E-state index >= 15 is 0 Å². The number of hydrogen-bond donors (Lipinski definition) is 1. The predicted molar refractivity (Wildman–Crippen MR) is 26.3 cm³/mol. The third-order valence-corrected chi connectivity index (χ3v) is 0.804. The zero-order valence-corrected chi connectivity index (χ0v) is 4.15. The molecular formula is C5H11O. The molecule has 0 amide bonds. The first-order chi connectivity index (χ1) is 2.81. The Morgan fingerprint density at radius 2 is 2.33 bits per heavy atom. The summed E-state index contributed by atoms with van der Waals surface area (Å²) in [4.78, 5) is 0. The fourth-order valence-corrected chi connectivity index (χ4v) is 0.204. The molecule has 0 rings (SSSR count). The molecule has 0 spiro atoms. The molecule has 0 aromatic rings. The Kier molecular flexibility index (Phi) is 3.14. The average molecular weight is 87.1 g/mol. The molecule has 6 heavy (non-hydrogen) atoms. The SMILES string of the molecule is [CH2]C[C@H](O)CC. The average Bonchev–Trinajstić information content (AvgIpc) is 1.65. The molecule has 1 nitrogen and oxygen atoms in total. The van der Waals surface area contributed by atoms with Crippen LogP contribution in [0.5, 0.6) is 0 Å². The summed E-state index contributed by atoms with van der Waals surface area (Å²) in [7, 11) is 0. The second kappa shape index (κ2) is 3.16. The maximum atomic E-state index is 8.60. The molecule has 0 aromatic heterocycles. The van der Waals surface area contributed by atoms with Crippen LogP contribution in [0.2, 0.25) is 0 Å². The second-order valence-electron chi connectivity index (χ2n) is 1.35. The first kappa shape index (κ1) is 5.96. The van der Waals surface area contributed by atoms with Crippen LogP contribution in [0.25, 0.3) is 0 Å². The summed E-state index contributed by atoms with van der Waals surface area (Å²) in [5.41, 5.74) is 0. The largest absolute Gasteiger partial charge is 0.393 e. The molecule has 1 atom stereocenters. The van der Waals surface area contributed by atoms with E-state index in [9.17, 15) is 0 Å². The number of aliphatic hydroxyl groups is 1. The van der Waals surface area contributed by atoms with E-state index in [1.807, 2.05) is 6.92 Å². The normalized spacial score (nSPS) is 10.0. The minimum absolute atomic E-state index is 0.176. The first-order valence-electron chi connectivity index (χ1n) is 2.28. The highest BCUT2D eigenvalue weighted by atomic mass is 16.3. The molecule has 1 radical (unpaired) electrons. The Hall–Kier alpha value is -0.0400. The Labute approximate surface area is 39.0 Å². The smallest absolute Gasteiger partial charge is 0.0537 e. The highest BCUT2D eigenvalue weighted by Gasteiger charge is 1.90. The van der Waals surface area contributed by atoms with Crippen LogP contribution < -0.4 is 0 Å². The maximum absolute atomic E-state index is 8.60. The van der Waals surface area contributed by atoms with Gasteiger partial charge in [0.25, 0.3) is 0 Å². The molecule has 0 saturated heterocycles. The van der Waals surface area contributed by atoms with Crippen LogP contribution in [-0.2, 0) is 0 Å². The van der Waals surface area contributed by atoms with Crippen LogP contribution in [0.15, 0.2) is 0 Å². The minimum Gasteiger partial charge on any atom is -0.393 e. The van der Waals surface area contributed by atoms with Crippen molar-refractivity contribution in [3.63, 3.8) is 0 Å². The third kappa shape index (κ3) is 2.21. The van der Waals surface area contributed by atoms with Gasteiger partial charge in [0.15, 0.2) is 0 Å². The highest BCUT2D eigenvalue weighted by Crippen LogP contribution is 1.91. The zero-order valence-electron chi connectivity index (χ0n) is 4.15. The van der Waals surface area contributed by atoms with Crippen LogP contribution >= 0.6 is 0 Å². The van der Waals surface area contributed by atoms with Gasteiger partial charge in [-0.1, -0.05) is 13.8 Å². The van der Waals surface area contributed by atoms with Crippen molar-refractivity contribution >= 4 is 0 Å². The molecule has 1 N–H and O–H groups in total. The van der Waals surface area contributed by atoms with Gasteiger partial charge in [0.05, 0.1) is 6.10 Å². The summed E-state index contributed by atoms with van der Waals surface area (Å²) >= 11 is 0. The third-order valence-electron chi connectivity index (χ3n) is 0.804. The predicted octanol–water partition coefficient (Wildman–Crippen LogP) is 0.981. The molecule has 0 heterocycles. The van der Waals surface area contributed by atoms with Crippen molar-refractivity contribution in [2.24, 2.45) is 0 Å². The lowest BCUT2D eigenvalue weighted by Gasteiger charge is -1.98. The van der Waals surface area contributed by atoms with Crippen LogP contribution in [0, 0.1) is 6.92 Å². The number of aliphatic hydroxyl groups excluding tert-OH is 1. The monoisotopic (exact) mass is 87.1 g/mol. The summed E-state index contributed by atoms with van der Waals surface area (Å²) in [6.07, 6.45) is 1.28. The van der Waals surface area contributed by atoms with Gasteiger partial charge < -0.3 is 5.11 Å². The van der Waals surface area contributed by atoms with E-state index in [2.05, 4.69) is 6.92 Å². The summed E-state index contributed by atoms with van der Waals surface area (Å²) in [6, 6.07) is 0. The van der Waals surface area contributed by atoms with Crippen molar-refractivity contribution in [3.8, 4) is 0 Å². The quantitative estimate of drug-likeness (QED) is 0.532. The van der Waals surface area contributed by atoms with Gasteiger partial charge in [-0.2, -0.15) is 0 Å². The molecule has 0 aliphatic heterocycles. The van der Waals surface area contributed by atoms with Gasteiger partial charge in [-0.05, 0) is 12.8 Å². The fourth-order valence-electron chi connectivity index (χ4n) is 0.204. The second-order valence-corrected chi connectivity index (χ2v) is 1.35. The number of rotatable bonds is 2. The molecular weight excluding hydrogens is 76.1 g/mol. The molecule has 0 aliphatic carbocycles. The van der Waals surface area contributed by atoms with Gasteiger partial charge in [-0.3, -0.25) is 0 Å². The Morgan fingerprint density at radius 3 is 2.33 bits per heavy atom. The van der Waals surface area contributed by atoms with Gasteiger partial charge in [-0.15, -0.1) is 0 Å². The van der Waals surface area contributed by atoms with E-state index in [1.54, 1.807) is 0 Å². The topological polar surface area (TPSA) is 20.2 Å². The molecule has 1 heteroatoms. The van der Waals surface area contributed by atoms with E-state index in [-0.39, 0.29) is 6.10 Å². The Morgan fingerprint density at radius 1 is 1.83 bits per heavy atom. The number of hydrogen-bond acceptors (Lipinski definition) is 1. The van der Waals surface area contributed by atoms with Crippen molar-refractivity contribution in [1.82, 2.24) is 0 Å². The standard InChI is InChI=1S/C5H11O/c1-3-5(6)4-2/h5-6H,1,3-4H2,2H3/t5-/m0/s1. The van der Waals surface area contributed by atoms with Crippen LogP contribution in [-0.4, -0.2) is 11.2 Å². The Balaban J connectivity index is 2.75. The summed E-state index contributed by atoms with van der Waals surface area (Å²) in [5, 5.41) is 8.60. The molecule has 0 bridgehead atoms. The molecule has 0 saturated carbocycles. The zero-order chi connectivity index (χ0) is 4.99. The van der Waals surface area contributed by atoms with Gasteiger partial charge in [0, 0.05) is 0 Å². The van der Waals surface area contributed by atoms with Gasteiger partial charge in [0.1, 0.15) is 0 Å². The molecule has 0 aliphatic rings. The molecule has 37 valence electrons. The lowest BCUT2D eigenvalue weighted by atomic mass is 10.2. The van der Waals surface area contributed by atoms with E-state index in [4.69, 9.17) is 5.11 Å². The fraction of sp³-hybridized carbons (Fsp3) is 0.800. The molecule has 0 aromatic carbocycles. The van der Waals surface area contributed by atoms with Crippen molar-refractivity contribution < 1.29 is 5.11 Å². The first-order valence-corrected chi connectivity index (χ1v) is 2.28. The highest BCUT2D eigenvalue weighted by molar-refractivity contribution is 4.50. The molecule has 0 unspecified atom stereocenters. The van der Waals surface area contributed by atoms with Crippen LogP contribution in [0.1, 0.15) is 19.8 Å². The van der Waals surface area contributed by atoms with E-state index in [0.717, 1.165) is 6.42 Å². The van der Waals surface area contributed by atoms with Gasteiger partial charge in [0.2, 0.25) is 0 Å². The van der Waals surface area contributed by atoms with E-state index in [0.29, 0.717) is 6.42 Å². The van der Waals surface area contributed by atoms with Crippen molar-refractivity contribution in [2.75, 3.05) is 0 Å². The maximum Gasteiger partial charge on any atom is 0.0537 e. The van der Waals surface area contributed by atoms with Crippen molar-refractivity contribution in [3.05, 3.63) is 6.92 Å². The van der Waals surface area contributed by atoms with Gasteiger partial charge >= 0.3 is 0 Å². The lowest BCUT2D eigenvalue weighted by molar-refractivity contribution is 0.173. The van der Waals surface area contributed by atoms with E-state index < -0.39 is 0 Å². The summed E-state index contributed by atoms with van der Waals surface area (Å²) in [5.74, 6) is 0. The van der Waals surface area contributed by atoms with Crippen LogP contribution in [0.4, 0.5) is 0 Å². The Bertz CT molecular complexity index is 23.1. The summed E-state index contributed by atoms with van der Waals surface area (Å²) in [6.45, 7) is 5.45. The van der Waals surface area contributed by atoms with E-state index in [1.165, 1.54) is 0 Å². The minimum atomic E-state index is -0.176.